The maximum Gasteiger partial charge on any atom is 0.306 e. The summed E-state index contributed by atoms with van der Waals surface area (Å²) in [6, 6.07) is 0. The summed E-state index contributed by atoms with van der Waals surface area (Å²) in [6.45, 7) is 0.755. The normalized spacial score (nSPS) is 19.3. The number of carbonyl (C=O) groups excluding carboxylic acids is 1. The third-order valence-corrected chi connectivity index (χ3v) is 4.15. The first-order chi connectivity index (χ1) is 9.51. The molecule has 0 radical (unpaired) electrons. The molecule has 20 heavy (non-hydrogen) atoms. The molecule has 1 saturated carbocycles. The van der Waals surface area contributed by atoms with Gasteiger partial charge in [-0.2, -0.15) is 0 Å². The van der Waals surface area contributed by atoms with Crippen molar-refractivity contribution in [2.75, 3.05) is 20.2 Å². The van der Waals surface area contributed by atoms with Crippen molar-refractivity contribution in [2.45, 2.75) is 51.0 Å². The first-order valence-electron chi connectivity index (χ1n) is 7.23. The van der Waals surface area contributed by atoms with E-state index in [2.05, 4.69) is 5.32 Å². The Morgan fingerprint density at radius 3 is 2.50 bits per heavy atom. The van der Waals surface area contributed by atoms with Crippen LogP contribution in [0.15, 0.2) is 0 Å². The summed E-state index contributed by atoms with van der Waals surface area (Å²) < 4.78 is 5.03. The van der Waals surface area contributed by atoms with Crippen molar-refractivity contribution in [3.05, 3.63) is 0 Å². The fourth-order valence-electron chi connectivity index (χ4n) is 2.82. The molecule has 1 aliphatic carbocycles. The van der Waals surface area contributed by atoms with Crippen LogP contribution in [-0.4, -0.2) is 43.3 Å². The lowest BCUT2D eigenvalue weighted by Gasteiger charge is -2.35. The molecule has 1 fully saturated rings. The number of ether oxygens (including phenoxy) is 1. The minimum Gasteiger partial charge on any atom is -0.481 e. The van der Waals surface area contributed by atoms with Crippen LogP contribution in [0.5, 0.6) is 0 Å². The van der Waals surface area contributed by atoms with Crippen molar-refractivity contribution in [2.24, 2.45) is 11.1 Å². The lowest BCUT2D eigenvalue weighted by atomic mass is 9.71. The maximum atomic E-state index is 12.0. The average Bonchev–Trinajstić information content (AvgIpc) is 2.44. The third-order valence-electron chi connectivity index (χ3n) is 4.15. The van der Waals surface area contributed by atoms with Gasteiger partial charge in [0.25, 0.3) is 0 Å². The Labute approximate surface area is 120 Å². The highest BCUT2D eigenvalue weighted by Gasteiger charge is 2.33. The number of carboxylic acid groups (broad SMARTS) is 1. The second-order valence-electron chi connectivity index (χ2n) is 5.70. The van der Waals surface area contributed by atoms with E-state index in [0.29, 0.717) is 13.0 Å². The summed E-state index contributed by atoms with van der Waals surface area (Å²) in [5.41, 5.74) is 5.78. The molecule has 0 saturated heterocycles. The minimum absolute atomic E-state index is 0.0650. The van der Waals surface area contributed by atoms with Gasteiger partial charge < -0.3 is 20.9 Å². The molecule has 4 N–H and O–H groups in total. The van der Waals surface area contributed by atoms with Crippen molar-refractivity contribution in [3.8, 4) is 0 Å². The molecule has 116 valence electrons. The van der Waals surface area contributed by atoms with E-state index in [9.17, 15) is 9.59 Å². The second kappa shape index (κ2) is 8.21. The van der Waals surface area contributed by atoms with Crippen molar-refractivity contribution >= 4 is 11.9 Å². The minimum atomic E-state index is -0.934. The maximum absolute atomic E-state index is 12.0. The van der Waals surface area contributed by atoms with Gasteiger partial charge in [0.05, 0.1) is 12.5 Å². The Morgan fingerprint density at radius 2 is 2.00 bits per heavy atom. The zero-order chi connectivity index (χ0) is 15.0. The molecule has 0 aliphatic heterocycles. The van der Waals surface area contributed by atoms with Gasteiger partial charge in [0, 0.05) is 20.1 Å². The van der Waals surface area contributed by atoms with Gasteiger partial charge in [0.1, 0.15) is 0 Å². The van der Waals surface area contributed by atoms with E-state index >= 15 is 0 Å². The molecule has 0 heterocycles. The highest BCUT2D eigenvalue weighted by atomic mass is 16.5. The summed E-state index contributed by atoms with van der Waals surface area (Å²) in [5, 5.41) is 11.5. The van der Waals surface area contributed by atoms with Crippen LogP contribution in [0, 0.1) is 5.41 Å². The van der Waals surface area contributed by atoms with Crippen LogP contribution in [0.4, 0.5) is 0 Å². The van der Waals surface area contributed by atoms with Gasteiger partial charge >= 0.3 is 5.97 Å². The van der Waals surface area contributed by atoms with E-state index in [0.717, 1.165) is 25.7 Å². The number of nitrogens with one attached hydrogen (secondary N) is 1. The van der Waals surface area contributed by atoms with Gasteiger partial charge in [-0.3, -0.25) is 9.59 Å². The predicted octanol–water partition coefficient (Wildman–Crippen LogP) is 0.892. The van der Waals surface area contributed by atoms with Crippen molar-refractivity contribution in [1.82, 2.24) is 5.32 Å². The second-order valence-corrected chi connectivity index (χ2v) is 5.70. The molecule has 1 amide bonds. The van der Waals surface area contributed by atoms with E-state index in [1.165, 1.54) is 13.5 Å². The fourth-order valence-corrected chi connectivity index (χ4v) is 2.82. The van der Waals surface area contributed by atoms with E-state index in [4.69, 9.17) is 15.6 Å². The number of nitrogens with two attached hydrogens (primary N) is 1. The van der Waals surface area contributed by atoms with Gasteiger partial charge in [-0.1, -0.05) is 19.3 Å². The number of carboxylic acids is 1. The number of carbonyl (C=O) groups is 2. The molecule has 6 heteroatoms. The molecule has 0 bridgehead atoms. The molecule has 1 unspecified atom stereocenters. The quantitative estimate of drug-likeness (QED) is 0.615. The Balaban J connectivity index is 2.39. The Hall–Kier alpha value is -1.14. The summed E-state index contributed by atoms with van der Waals surface area (Å²) in [4.78, 5) is 22.6. The van der Waals surface area contributed by atoms with Crippen LogP contribution in [-0.2, 0) is 14.3 Å². The Kier molecular flexibility index (Phi) is 6.95. The smallest absolute Gasteiger partial charge is 0.306 e. The summed E-state index contributed by atoms with van der Waals surface area (Å²) in [7, 11) is 1.45. The van der Waals surface area contributed by atoms with E-state index < -0.39 is 12.1 Å². The molecule has 0 aromatic heterocycles. The molecule has 1 rings (SSSR count). The molecular formula is C14H26N2O4. The zero-order valence-electron chi connectivity index (χ0n) is 12.2. The van der Waals surface area contributed by atoms with Crippen LogP contribution in [0.2, 0.25) is 0 Å². The van der Waals surface area contributed by atoms with Crippen LogP contribution >= 0.6 is 0 Å². The molecule has 0 spiro atoms. The summed E-state index contributed by atoms with van der Waals surface area (Å²) in [5.74, 6) is -0.999. The van der Waals surface area contributed by atoms with Crippen LogP contribution in [0.25, 0.3) is 0 Å². The molecular weight excluding hydrogens is 260 g/mol. The van der Waals surface area contributed by atoms with Crippen LogP contribution < -0.4 is 11.1 Å². The number of rotatable bonds is 8. The Morgan fingerprint density at radius 1 is 1.35 bits per heavy atom. The van der Waals surface area contributed by atoms with Crippen LogP contribution in [0.3, 0.4) is 0 Å². The summed E-state index contributed by atoms with van der Waals surface area (Å²) >= 11 is 0. The lowest BCUT2D eigenvalue weighted by Crippen LogP contribution is -2.41. The molecule has 1 aliphatic rings. The number of hydrogen-bond acceptors (Lipinski definition) is 4. The summed E-state index contributed by atoms with van der Waals surface area (Å²) in [6.07, 6.45) is 5.30. The molecule has 6 nitrogen and oxygen atoms in total. The Bertz CT molecular complexity index is 327. The molecule has 0 aromatic rings. The average molecular weight is 286 g/mol. The van der Waals surface area contributed by atoms with Gasteiger partial charge in [-0.05, 0) is 24.8 Å². The van der Waals surface area contributed by atoms with Crippen molar-refractivity contribution in [3.63, 3.8) is 0 Å². The van der Waals surface area contributed by atoms with E-state index in [1.54, 1.807) is 0 Å². The first kappa shape index (κ1) is 16.9. The number of methoxy groups -OCH3 is 1. The number of hydrogen-bond donors (Lipinski definition) is 3. The highest BCUT2D eigenvalue weighted by molar-refractivity contribution is 5.77. The fraction of sp³-hybridized carbons (Fsp3) is 0.857. The topological polar surface area (TPSA) is 102 Å². The number of amides is 1. The number of aliphatic carboxylic acids is 1. The lowest BCUT2D eigenvalue weighted by molar-refractivity contribution is -0.140. The van der Waals surface area contributed by atoms with E-state index in [-0.39, 0.29) is 24.3 Å². The first-order valence-corrected chi connectivity index (χ1v) is 7.23. The predicted molar refractivity (Wildman–Crippen MR) is 75.2 cm³/mol. The highest BCUT2D eigenvalue weighted by Crippen LogP contribution is 2.38. The van der Waals surface area contributed by atoms with Crippen molar-refractivity contribution < 1.29 is 19.4 Å². The SMILES string of the molecule is COC(CNC(=O)CC1(CN)CCCCC1)CC(=O)O. The molecule has 1 atom stereocenters. The van der Waals surface area contributed by atoms with Crippen molar-refractivity contribution in [1.29, 1.82) is 0 Å². The van der Waals surface area contributed by atoms with Gasteiger partial charge in [0.15, 0.2) is 0 Å². The largest absolute Gasteiger partial charge is 0.481 e. The van der Waals surface area contributed by atoms with Gasteiger partial charge in [-0.15, -0.1) is 0 Å². The monoisotopic (exact) mass is 286 g/mol. The van der Waals surface area contributed by atoms with Crippen LogP contribution in [0.1, 0.15) is 44.9 Å². The van der Waals surface area contributed by atoms with Gasteiger partial charge in [0.2, 0.25) is 5.91 Å². The van der Waals surface area contributed by atoms with E-state index in [1.807, 2.05) is 0 Å². The van der Waals surface area contributed by atoms with Gasteiger partial charge in [-0.25, -0.2) is 0 Å². The standard InChI is InChI=1S/C14H26N2O4/c1-20-11(7-13(18)19)9-16-12(17)8-14(10-15)5-3-2-4-6-14/h11H,2-10,15H2,1H3,(H,16,17)(H,18,19). The third kappa shape index (κ3) is 5.46. The zero-order valence-corrected chi connectivity index (χ0v) is 12.2. The molecule has 0 aromatic carbocycles.